The molecule has 0 aromatic rings. The highest BCUT2D eigenvalue weighted by Gasteiger charge is 2.05. The Bertz CT molecular complexity index is 272. The lowest BCUT2D eigenvalue weighted by Gasteiger charge is -2.08. The molecule has 0 atom stereocenters. The summed E-state index contributed by atoms with van der Waals surface area (Å²) in [5.41, 5.74) is 0. The van der Waals surface area contributed by atoms with Gasteiger partial charge in [-0.15, -0.1) is 0 Å². The highest BCUT2D eigenvalue weighted by Crippen LogP contribution is 1.98. The fourth-order valence-corrected chi connectivity index (χ4v) is 1.59. The standard InChI is InChI=1S/C17H34O7/c1-16(2)17(18)4-5-20-8-9-22-12-13-24-15-14-23-11-10-21-7-6-19-3/h16H,4-15H2,1-3H3. The van der Waals surface area contributed by atoms with Crippen LogP contribution in [0.4, 0.5) is 0 Å². The molecule has 0 rings (SSSR count). The minimum Gasteiger partial charge on any atom is -0.382 e. The zero-order valence-electron chi connectivity index (χ0n) is 15.4. The summed E-state index contributed by atoms with van der Waals surface area (Å²) in [5, 5.41) is 0. The summed E-state index contributed by atoms with van der Waals surface area (Å²) in [6.07, 6.45) is 0.470. The summed E-state index contributed by atoms with van der Waals surface area (Å²) >= 11 is 0. The van der Waals surface area contributed by atoms with Crippen molar-refractivity contribution in [3.63, 3.8) is 0 Å². The summed E-state index contributed by atoms with van der Waals surface area (Å²) in [4.78, 5) is 11.4. The molecule has 7 nitrogen and oxygen atoms in total. The SMILES string of the molecule is COCCOCCOCCOCCOCCOCCC(=O)C(C)C. The third kappa shape index (κ3) is 17.8. The molecule has 0 fully saturated rings. The quantitative estimate of drug-likeness (QED) is 0.325. The van der Waals surface area contributed by atoms with E-state index in [0.717, 1.165) is 0 Å². The van der Waals surface area contributed by atoms with E-state index in [9.17, 15) is 4.79 Å². The number of carbonyl (C=O) groups excluding carboxylic acids is 1. The average Bonchev–Trinajstić information content (AvgIpc) is 2.57. The van der Waals surface area contributed by atoms with E-state index in [1.54, 1.807) is 7.11 Å². The van der Waals surface area contributed by atoms with Crippen LogP contribution in [0.2, 0.25) is 0 Å². The van der Waals surface area contributed by atoms with E-state index in [-0.39, 0.29) is 11.7 Å². The summed E-state index contributed by atoms with van der Waals surface area (Å²) < 4.78 is 31.5. The number of ketones is 1. The van der Waals surface area contributed by atoms with Crippen LogP contribution in [0.1, 0.15) is 20.3 Å². The van der Waals surface area contributed by atoms with Gasteiger partial charge in [0.15, 0.2) is 0 Å². The van der Waals surface area contributed by atoms with Crippen LogP contribution in [-0.4, -0.2) is 85.6 Å². The van der Waals surface area contributed by atoms with Crippen LogP contribution in [0.5, 0.6) is 0 Å². The van der Waals surface area contributed by atoms with Gasteiger partial charge in [-0.05, 0) is 0 Å². The number of ether oxygens (including phenoxy) is 6. The first-order chi connectivity index (χ1) is 11.7. The van der Waals surface area contributed by atoms with Crippen LogP contribution < -0.4 is 0 Å². The number of rotatable bonds is 19. The molecule has 24 heavy (non-hydrogen) atoms. The first kappa shape index (κ1) is 23.4. The molecule has 0 saturated carbocycles. The minimum absolute atomic E-state index is 0.0779. The van der Waals surface area contributed by atoms with Crippen molar-refractivity contribution >= 4 is 5.78 Å². The largest absolute Gasteiger partial charge is 0.382 e. The van der Waals surface area contributed by atoms with Crippen molar-refractivity contribution in [3.8, 4) is 0 Å². The molecule has 0 aromatic heterocycles. The van der Waals surface area contributed by atoms with E-state index in [0.29, 0.717) is 79.1 Å². The number of carbonyl (C=O) groups is 1. The van der Waals surface area contributed by atoms with Crippen molar-refractivity contribution in [2.45, 2.75) is 20.3 Å². The minimum atomic E-state index is 0.0779. The Kier molecular flexibility index (Phi) is 18.3. The molecule has 0 bridgehead atoms. The van der Waals surface area contributed by atoms with Gasteiger partial charge in [-0.1, -0.05) is 13.8 Å². The number of hydrogen-bond donors (Lipinski definition) is 0. The van der Waals surface area contributed by atoms with Crippen LogP contribution >= 0.6 is 0 Å². The number of Topliss-reactive ketones (excluding diaryl/α,β-unsaturated/α-hetero) is 1. The van der Waals surface area contributed by atoms with Gasteiger partial charge in [-0.25, -0.2) is 0 Å². The summed E-state index contributed by atoms with van der Waals surface area (Å²) in [7, 11) is 1.64. The van der Waals surface area contributed by atoms with Gasteiger partial charge in [-0.2, -0.15) is 0 Å². The van der Waals surface area contributed by atoms with Crippen LogP contribution in [-0.2, 0) is 33.2 Å². The molecule has 0 aliphatic rings. The Morgan fingerprint density at radius 2 is 0.958 bits per heavy atom. The smallest absolute Gasteiger partial charge is 0.137 e. The molecule has 0 N–H and O–H groups in total. The van der Waals surface area contributed by atoms with Crippen LogP contribution in [0.3, 0.4) is 0 Å². The van der Waals surface area contributed by atoms with Gasteiger partial charge >= 0.3 is 0 Å². The molecule has 0 amide bonds. The van der Waals surface area contributed by atoms with Gasteiger partial charge in [0.1, 0.15) is 5.78 Å². The maximum Gasteiger partial charge on any atom is 0.137 e. The molecule has 144 valence electrons. The summed E-state index contributed by atoms with van der Waals surface area (Å²) in [6.45, 7) is 9.70. The predicted molar refractivity (Wildman–Crippen MR) is 90.4 cm³/mol. The molecule has 0 radical (unpaired) electrons. The van der Waals surface area contributed by atoms with Crippen molar-refractivity contribution in [2.75, 3.05) is 79.8 Å². The van der Waals surface area contributed by atoms with Crippen molar-refractivity contribution in [1.29, 1.82) is 0 Å². The third-order valence-corrected chi connectivity index (χ3v) is 3.06. The monoisotopic (exact) mass is 350 g/mol. The fourth-order valence-electron chi connectivity index (χ4n) is 1.59. The van der Waals surface area contributed by atoms with Crippen molar-refractivity contribution in [3.05, 3.63) is 0 Å². The third-order valence-electron chi connectivity index (χ3n) is 3.06. The van der Waals surface area contributed by atoms with E-state index >= 15 is 0 Å². The first-order valence-electron chi connectivity index (χ1n) is 8.58. The van der Waals surface area contributed by atoms with Gasteiger partial charge in [0, 0.05) is 19.4 Å². The van der Waals surface area contributed by atoms with Gasteiger partial charge in [0.2, 0.25) is 0 Å². The normalized spacial score (nSPS) is 11.3. The molecule has 0 saturated heterocycles. The van der Waals surface area contributed by atoms with Crippen molar-refractivity contribution < 1.29 is 33.2 Å². The second kappa shape index (κ2) is 18.8. The Balaban J connectivity index is 3.04. The molecule has 0 unspecified atom stereocenters. The molecule has 0 spiro atoms. The van der Waals surface area contributed by atoms with E-state index in [1.807, 2.05) is 13.8 Å². The Morgan fingerprint density at radius 3 is 1.29 bits per heavy atom. The Labute approximate surface area is 145 Å². The average molecular weight is 350 g/mol. The topological polar surface area (TPSA) is 72.5 Å². The molecule has 0 aliphatic carbocycles. The zero-order chi connectivity index (χ0) is 17.9. The Hall–Kier alpha value is -0.570. The van der Waals surface area contributed by atoms with E-state index in [4.69, 9.17) is 28.4 Å². The van der Waals surface area contributed by atoms with Gasteiger partial charge < -0.3 is 28.4 Å². The van der Waals surface area contributed by atoms with E-state index in [2.05, 4.69) is 0 Å². The zero-order valence-corrected chi connectivity index (χ0v) is 15.4. The maximum atomic E-state index is 11.4. The van der Waals surface area contributed by atoms with E-state index < -0.39 is 0 Å². The summed E-state index contributed by atoms with van der Waals surface area (Å²) in [6, 6.07) is 0. The fraction of sp³-hybridized carbons (Fsp3) is 0.941. The second-order valence-electron chi connectivity index (χ2n) is 5.43. The number of hydrogen-bond acceptors (Lipinski definition) is 7. The van der Waals surface area contributed by atoms with Gasteiger partial charge in [0.25, 0.3) is 0 Å². The van der Waals surface area contributed by atoms with Crippen molar-refractivity contribution in [1.82, 2.24) is 0 Å². The molecular weight excluding hydrogens is 316 g/mol. The van der Waals surface area contributed by atoms with Gasteiger partial charge in [-0.3, -0.25) is 4.79 Å². The maximum absolute atomic E-state index is 11.4. The lowest BCUT2D eigenvalue weighted by atomic mass is 10.1. The molecule has 7 heteroatoms. The van der Waals surface area contributed by atoms with Crippen molar-refractivity contribution in [2.24, 2.45) is 5.92 Å². The van der Waals surface area contributed by atoms with Crippen LogP contribution in [0.15, 0.2) is 0 Å². The van der Waals surface area contributed by atoms with E-state index in [1.165, 1.54) is 0 Å². The summed E-state index contributed by atoms with van der Waals surface area (Å²) in [5.74, 6) is 0.308. The molecule has 0 heterocycles. The molecular formula is C17H34O7. The molecule has 0 aliphatic heterocycles. The number of methoxy groups -OCH3 is 1. The highest BCUT2D eigenvalue weighted by molar-refractivity contribution is 5.80. The second-order valence-corrected chi connectivity index (χ2v) is 5.43. The van der Waals surface area contributed by atoms with Crippen LogP contribution in [0, 0.1) is 5.92 Å². The highest BCUT2D eigenvalue weighted by atomic mass is 16.6. The van der Waals surface area contributed by atoms with Gasteiger partial charge in [0.05, 0.1) is 72.7 Å². The molecule has 0 aromatic carbocycles. The predicted octanol–water partition coefficient (Wildman–Crippen LogP) is 1.33. The first-order valence-corrected chi connectivity index (χ1v) is 8.58. The lowest BCUT2D eigenvalue weighted by Crippen LogP contribution is -2.14. The Morgan fingerprint density at radius 1 is 0.625 bits per heavy atom. The lowest BCUT2D eigenvalue weighted by molar-refractivity contribution is -0.123. The van der Waals surface area contributed by atoms with Crippen LogP contribution in [0.25, 0.3) is 0 Å².